The summed E-state index contributed by atoms with van der Waals surface area (Å²) in [6, 6.07) is 4.83. The van der Waals surface area contributed by atoms with Crippen LogP contribution in [-0.4, -0.2) is 16.7 Å². The van der Waals surface area contributed by atoms with Crippen LogP contribution >= 0.6 is 0 Å². The number of imidazole rings is 1. The van der Waals surface area contributed by atoms with Crippen molar-refractivity contribution < 1.29 is 27.3 Å². The number of carbonyl (C=O) groups is 1. The largest absolute Gasteiger partial charge is 0.573 e. The normalized spacial score (nSPS) is 11.4. The van der Waals surface area contributed by atoms with E-state index in [1.165, 1.54) is 12.1 Å². The summed E-state index contributed by atoms with van der Waals surface area (Å²) in [4.78, 5) is 12.2. The van der Waals surface area contributed by atoms with Gasteiger partial charge in [-0.3, -0.25) is 4.79 Å². The maximum atomic E-state index is 12.2. The fraction of sp³-hybridized carbons (Fsp3) is 0.231. The summed E-state index contributed by atoms with van der Waals surface area (Å²) in [6.07, 6.45) is -1.31. The molecule has 0 aliphatic carbocycles. The highest BCUT2D eigenvalue weighted by atomic mass is 19.4. The first kappa shape index (κ1) is 14.1. The van der Waals surface area contributed by atoms with Gasteiger partial charge in [-0.2, -0.15) is 0 Å². The van der Waals surface area contributed by atoms with E-state index >= 15 is 0 Å². The van der Waals surface area contributed by atoms with Gasteiger partial charge in [0.1, 0.15) is 18.1 Å². The van der Waals surface area contributed by atoms with Crippen molar-refractivity contribution in [1.82, 2.24) is 4.57 Å². The maximum Gasteiger partial charge on any atom is 0.573 e. The lowest BCUT2D eigenvalue weighted by atomic mass is 10.1. The first-order valence-corrected chi connectivity index (χ1v) is 5.69. The number of hydrogen-bond donors (Lipinski definition) is 0. The Morgan fingerprint density at radius 1 is 1.25 bits per heavy atom. The van der Waals surface area contributed by atoms with Gasteiger partial charge in [0.15, 0.2) is 0 Å². The molecular formula is C13H12F3N2O2+. The zero-order valence-corrected chi connectivity index (χ0v) is 10.8. The van der Waals surface area contributed by atoms with Crippen molar-refractivity contribution in [3.8, 4) is 5.75 Å². The number of alkyl halides is 3. The minimum Gasteiger partial charge on any atom is -0.406 e. The van der Waals surface area contributed by atoms with Gasteiger partial charge in [-0.05, 0) is 24.3 Å². The fourth-order valence-corrected chi connectivity index (χ4v) is 1.85. The highest BCUT2D eigenvalue weighted by Crippen LogP contribution is 2.23. The van der Waals surface area contributed by atoms with Gasteiger partial charge in [0.05, 0.1) is 14.1 Å². The molecule has 7 heteroatoms. The van der Waals surface area contributed by atoms with Crippen molar-refractivity contribution in [2.45, 2.75) is 6.36 Å². The van der Waals surface area contributed by atoms with Crippen LogP contribution in [0.5, 0.6) is 5.75 Å². The molecule has 0 amide bonds. The van der Waals surface area contributed by atoms with E-state index in [9.17, 15) is 18.0 Å². The van der Waals surface area contributed by atoms with Crippen LogP contribution in [0.15, 0.2) is 36.7 Å². The van der Waals surface area contributed by atoms with E-state index < -0.39 is 6.36 Å². The number of ether oxygens (including phenoxy) is 1. The van der Waals surface area contributed by atoms with Crippen LogP contribution in [0, 0.1) is 0 Å². The second-order valence-corrected chi connectivity index (χ2v) is 4.24. The van der Waals surface area contributed by atoms with E-state index in [0.29, 0.717) is 5.82 Å². The average Bonchev–Trinajstić information content (AvgIpc) is 2.67. The molecule has 2 aromatic rings. The SMILES string of the molecule is Cn1cc[n+](C)c1C(=O)c1ccc(OC(F)(F)F)cc1. The summed E-state index contributed by atoms with van der Waals surface area (Å²) in [7, 11) is 3.43. The molecule has 0 bridgehead atoms. The monoisotopic (exact) mass is 285 g/mol. The van der Waals surface area contributed by atoms with Gasteiger partial charge in [0.25, 0.3) is 5.78 Å². The number of benzene rings is 1. The van der Waals surface area contributed by atoms with Crippen LogP contribution < -0.4 is 9.30 Å². The zero-order valence-electron chi connectivity index (χ0n) is 10.8. The van der Waals surface area contributed by atoms with E-state index in [1.54, 1.807) is 35.6 Å². The summed E-state index contributed by atoms with van der Waals surface area (Å²) >= 11 is 0. The lowest BCUT2D eigenvalue weighted by molar-refractivity contribution is -0.672. The van der Waals surface area contributed by atoms with Gasteiger partial charge < -0.3 is 4.74 Å². The van der Waals surface area contributed by atoms with Crippen molar-refractivity contribution in [3.05, 3.63) is 48.0 Å². The highest BCUT2D eigenvalue weighted by Gasteiger charge is 2.31. The van der Waals surface area contributed by atoms with Gasteiger partial charge >= 0.3 is 12.2 Å². The predicted octanol–water partition coefficient (Wildman–Crippen LogP) is 1.98. The Kier molecular flexibility index (Phi) is 3.52. The molecule has 0 N–H and O–H groups in total. The Balaban J connectivity index is 2.25. The number of nitrogens with zero attached hydrogens (tertiary/aromatic N) is 2. The van der Waals surface area contributed by atoms with Crippen LogP contribution in [0.4, 0.5) is 13.2 Å². The molecular weight excluding hydrogens is 273 g/mol. The molecule has 0 fully saturated rings. The number of aromatic nitrogens is 2. The quantitative estimate of drug-likeness (QED) is 0.638. The van der Waals surface area contributed by atoms with Crippen LogP contribution in [-0.2, 0) is 14.1 Å². The first-order chi connectivity index (χ1) is 9.28. The Morgan fingerprint density at radius 3 is 2.30 bits per heavy atom. The number of hydrogen-bond acceptors (Lipinski definition) is 2. The molecule has 0 radical (unpaired) electrons. The highest BCUT2D eigenvalue weighted by molar-refractivity contribution is 6.05. The van der Waals surface area contributed by atoms with E-state index in [2.05, 4.69) is 4.74 Å². The molecule has 0 unspecified atom stereocenters. The van der Waals surface area contributed by atoms with E-state index in [1.807, 2.05) is 0 Å². The van der Waals surface area contributed by atoms with Gasteiger partial charge in [0, 0.05) is 5.56 Å². The summed E-state index contributed by atoms with van der Waals surface area (Å²) in [5, 5.41) is 0. The third-order valence-corrected chi connectivity index (χ3v) is 2.74. The smallest absolute Gasteiger partial charge is 0.406 e. The molecule has 0 spiro atoms. The number of carbonyl (C=O) groups excluding carboxylic acids is 1. The first-order valence-electron chi connectivity index (χ1n) is 5.69. The molecule has 4 nitrogen and oxygen atoms in total. The molecule has 0 aliphatic rings. The van der Waals surface area contributed by atoms with Crippen molar-refractivity contribution >= 4 is 5.78 Å². The molecule has 0 aliphatic heterocycles. The lowest BCUT2D eigenvalue weighted by Crippen LogP contribution is -2.35. The Hall–Kier alpha value is -2.31. The van der Waals surface area contributed by atoms with Crippen LogP contribution in [0.1, 0.15) is 16.2 Å². The minimum absolute atomic E-state index is 0.279. The third-order valence-electron chi connectivity index (χ3n) is 2.74. The minimum atomic E-state index is -4.74. The van der Waals surface area contributed by atoms with E-state index in [0.717, 1.165) is 12.1 Å². The Morgan fingerprint density at radius 2 is 1.85 bits per heavy atom. The second-order valence-electron chi connectivity index (χ2n) is 4.24. The second kappa shape index (κ2) is 4.99. The van der Waals surface area contributed by atoms with Gasteiger partial charge in [-0.1, -0.05) is 0 Å². The maximum absolute atomic E-state index is 12.2. The molecule has 1 aromatic carbocycles. The van der Waals surface area contributed by atoms with Crippen LogP contribution in [0.3, 0.4) is 0 Å². The molecule has 1 aromatic heterocycles. The fourth-order valence-electron chi connectivity index (χ4n) is 1.85. The number of rotatable bonds is 3. The third kappa shape index (κ3) is 2.98. The average molecular weight is 285 g/mol. The summed E-state index contributed by atoms with van der Waals surface area (Å²) in [5.41, 5.74) is 0.289. The molecule has 106 valence electrons. The van der Waals surface area contributed by atoms with Crippen molar-refractivity contribution in [2.24, 2.45) is 14.1 Å². The molecule has 1 heterocycles. The van der Waals surface area contributed by atoms with Crippen molar-refractivity contribution in [2.75, 3.05) is 0 Å². The summed E-state index contributed by atoms with van der Waals surface area (Å²) in [5.74, 6) is -0.210. The van der Waals surface area contributed by atoms with E-state index in [-0.39, 0.29) is 17.1 Å². The van der Waals surface area contributed by atoms with Gasteiger partial charge in [-0.25, -0.2) is 9.13 Å². The summed E-state index contributed by atoms with van der Waals surface area (Å²) in [6.45, 7) is 0. The molecule has 2 rings (SSSR count). The zero-order chi connectivity index (χ0) is 14.9. The predicted molar refractivity (Wildman–Crippen MR) is 63.1 cm³/mol. The number of ketones is 1. The number of aryl methyl sites for hydroxylation is 2. The number of halogens is 3. The molecule has 0 atom stereocenters. The summed E-state index contributed by atoms with van der Waals surface area (Å²) < 4.78 is 43.1. The molecule has 20 heavy (non-hydrogen) atoms. The molecule has 0 saturated carbocycles. The van der Waals surface area contributed by atoms with Gasteiger partial charge in [0.2, 0.25) is 0 Å². The Bertz CT molecular complexity index is 611. The molecule has 0 saturated heterocycles. The van der Waals surface area contributed by atoms with Crippen LogP contribution in [0.25, 0.3) is 0 Å². The van der Waals surface area contributed by atoms with E-state index in [4.69, 9.17) is 0 Å². The van der Waals surface area contributed by atoms with Gasteiger partial charge in [-0.15, -0.1) is 13.2 Å². The van der Waals surface area contributed by atoms with Crippen LogP contribution in [0.2, 0.25) is 0 Å². The topological polar surface area (TPSA) is 35.1 Å². The standard InChI is InChI=1S/C13H12F3N2O2/c1-17-7-8-18(2)12(17)11(19)9-3-5-10(6-4-9)20-13(14,15)16/h3-8H,1-2H3/q+1. The Labute approximate surface area is 113 Å². The van der Waals surface area contributed by atoms with Crippen molar-refractivity contribution in [1.29, 1.82) is 0 Å². The van der Waals surface area contributed by atoms with Crippen molar-refractivity contribution in [3.63, 3.8) is 0 Å². The lowest BCUT2D eigenvalue weighted by Gasteiger charge is -2.08.